The summed E-state index contributed by atoms with van der Waals surface area (Å²) < 4.78 is 1.85. The van der Waals surface area contributed by atoms with E-state index in [1.807, 2.05) is 85.3 Å². The minimum atomic E-state index is -0.233. The first-order valence-electron chi connectivity index (χ1n) is 9.60. The monoisotopic (exact) mass is 392 g/mol. The van der Waals surface area contributed by atoms with Crippen molar-refractivity contribution in [2.45, 2.75) is 13.8 Å². The number of rotatable bonds is 4. The van der Waals surface area contributed by atoms with E-state index in [2.05, 4.69) is 16.5 Å². The van der Waals surface area contributed by atoms with Gasteiger partial charge in [0.05, 0.1) is 23.0 Å². The molecule has 146 valence electrons. The van der Waals surface area contributed by atoms with Crippen molar-refractivity contribution < 1.29 is 4.79 Å². The summed E-state index contributed by atoms with van der Waals surface area (Å²) >= 11 is 0. The minimum absolute atomic E-state index is 0.233. The van der Waals surface area contributed by atoms with E-state index < -0.39 is 0 Å². The molecule has 1 heterocycles. The van der Waals surface area contributed by atoms with Crippen LogP contribution in [0.15, 0.2) is 78.9 Å². The van der Waals surface area contributed by atoms with Crippen LogP contribution in [0.5, 0.6) is 0 Å². The number of aromatic nitrogens is 2. The summed E-state index contributed by atoms with van der Waals surface area (Å²) in [6.45, 7) is 3.94. The number of hydrogen-bond donors (Lipinski definition) is 1. The summed E-state index contributed by atoms with van der Waals surface area (Å²) in [5, 5.41) is 16.9. The van der Waals surface area contributed by atoms with E-state index in [4.69, 9.17) is 0 Å². The first-order chi connectivity index (χ1) is 14.6. The zero-order chi connectivity index (χ0) is 21.1. The number of benzene rings is 3. The summed E-state index contributed by atoms with van der Waals surface area (Å²) in [6.07, 6.45) is 0. The third kappa shape index (κ3) is 3.71. The van der Waals surface area contributed by atoms with E-state index in [0.717, 1.165) is 28.2 Å². The lowest BCUT2D eigenvalue weighted by Gasteiger charge is -2.12. The molecule has 0 atom stereocenters. The second-order valence-corrected chi connectivity index (χ2v) is 7.05. The van der Waals surface area contributed by atoms with Gasteiger partial charge in [0.15, 0.2) is 0 Å². The molecule has 5 heteroatoms. The molecule has 1 amide bonds. The second-order valence-electron chi connectivity index (χ2n) is 7.05. The summed E-state index contributed by atoms with van der Waals surface area (Å²) in [7, 11) is 0. The normalized spacial score (nSPS) is 10.4. The highest BCUT2D eigenvalue weighted by atomic mass is 16.1. The average Bonchev–Trinajstić information content (AvgIpc) is 3.11. The van der Waals surface area contributed by atoms with Crippen molar-refractivity contribution >= 4 is 11.6 Å². The van der Waals surface area contributed by atoms with Gasteiger partial charge in [-0.3, -0.25) is 4.79 Å². The van der Waals surface area contributed by atoms with Gasteiger partial charge in [0.25, 0.3) is 5.91 Å². The third-order valence-corrected chi connectivity index (χ3v) is 4.87. The molecule has 30 heavy (non-hydrogen) atoms. The molecule has 0 aliphatic rings. The lowest BCUT2D eigenvalue weighted by Crippen LogP contribution is -2.13. The van der Waals surface area contributed by atoms with Crippen LogP contribution in [0.25, 0.3) is 16.8 Å². The highest BCUT2D eigenvalue weighted by Crippen LogP contribution is 2.27. The Morgan fingerprint density at radius 3 is 2.40 bits per heavy atom. The molecule has 0 spiro atoms. The molecule has 1 aromatic heterocycles. The SMILES string of the molecule is Cc1cc(C)n(-c2cccc(NC(=O)c3ccccc3-c3ccccc3C#N)c2)n1. The first kappa shape index (κ1) is 19.2. The van der Waals surface area contributed by atoms with Gasteiger partial charge in [-0.15, -0.1) is 0 Å². The lowest BCUT2D eigenvalue weighted by atomic mass is 9.95. The highest BCUT2D eigenvalue weighted by molar-refractivity contribution is 6.09. The van der Waals surface area contributed by atoms with Crippen molar-refractivity contribution in [1.82, 2.24) is 9.78 Å². The van der Waals surface area contributed by atoms with Crippen LogP contribution in [-0.2, 0) is 0 Å². The number of nitrogens with one attached hydrogen (secondary N) is 1. The van der Waals surface area contributed by atoms with E-state index in [1.165, 1.54) is 0 Å². The average molecular weight is 392 g/mol. The largest absolute Gasteiger partial charge is 0.322 e. The Morgan fingerprint density at radius 2 is 1.67 bits per heavy atom. The smallest absolute Gasteiger partial charge is 0.256 e. The Kier molecular flexibility index (Phi) is 5.15. The predicted octanol–water partition coefficient (Wildman–Crippen LogP) is 5.28. The maximum absolute atomic E-state index is 13.1. The number of aryl methyl sites for hydroxylation is 2. The zero-order valence-electron chi connectivity index (χ0n) is 16.8. The van der Waals surface area contributed by atoms with E-state index in [1.54, 1.807) is 12.1 Å². The van der Waals surface area contributed by atoms with E-state index in [0.29, 0.717) is 16.8 Å². The fraction of sp³-hybridized carbons (Fsp3) is 0.0800. The number of hydrogen-bond acceptors (Lipinski definition) is 3. The fourth-order valence-corrected chi connectivity index (χ4v) is 3.54. The topological polar surface area (TPSA) is 70.7 Å². The van der Waals surface area contributed by atoms with Crippen LogP contribution in [0.1, 0.15) is 27.3 Å². The molecule has 4 rings (SSSR count). The maximum Gasteiger partial charge on any atom is 0.256 e. The summed E-state index contributed by atoms with van der Waals surface area (Å²) in [6, 6.07) is 26.4. The molecule has 1 N–H and O–H groups in total. The van der Waals surface area contributed by atoms with Crippen molar-refractivity contribution in [3.63, 3.8) is 0 Å². The quantitative estimate of drug-likeness (QED) is 0.514. The van der Waals surface area contributed by atoms with Crippen LogP contribution in [-0.4, -0.2) is 15.7 Å². The predicted molar refractivity (Wildman–Crippen MR) is 118 cm³/mol. The van der Waals surface area contributed by atoms with Gasteiger partial charge < -0.3 is 5.32 Å². The molecule has 0 fully saturated rings. The molecule has 0 saturated heterocycles. The van der Waals surface area contributed by atoms with Gasteiger partial charge in [-0.1, -0.05) is 42.5 Å². The molecule has 0 radical (unpaired) electrons. The van der Waals surface area contributed by atoms with E-state index >= 15 is 0 Å². The minimum Gasteiger partial charge on any atom is -0.322 e. The van der Waals surface area contributed by atoms with Gasteiger partial charge in [-0.05, 0) is 55.8 Å². The van der Waals surface area contributed by atoms with Crippen LogP contribution in [0.4, 0.5) is 5.69 Å². The van der Waals surface area contributed by atoms with Gasteiger partial charge in [-0.25, -0.2) is 4.68 Å². The van der Waals surface area contributed by atoms with Crippen molar-refractivity contribution in [3.8, 4) is 22.9 Å². The standard InChI is InChI=1S/C25H20N4O/c1-17-14-18(2)29(28-17)21-10-7-9-20(15-21)27-25(30)24-13-6-5-12-23(24)22-11-4-3-8-19(22)16-26/h3-15H,1-2H3,(H,27,30). The number of nitrogens with zero attached hydrogens (tertiary/aromatic N) is 3. The third-order valence-electron chi connectivity index (χ3n) is 4.87. The van der Waals surface area contributed by atoms with Crippen LogP contribution in [0, 0.1) is 25.2 Å². The Balaban J connectivity index is 1.67. The number of amides is 1. The highest BCUT2D eigenvalue weighted by Gasteiger charge is 2.15. The van der Waals surface area contributed by atoms with E-state index in [9.17, 15) is 10.1 Å². The van der Waals surface area contributed by atoms with Crippen molar-refractivity contribution in [2.24, 2.45) is 0 Å². The Hall–Kier alpha value is -4.17. The number of carbonyl (C=O) groups excluding carboxylic acids is 1. The molecular weight excluding hydrogens is 372 g/mol. The molecule has 3 aromatic carbocycles. The number of anilines is 1. The molecular formula is C25H20N4O. The zero-order valence-corrected chi connectivity index (χ0v) is 16.8. The molecule has 0 saturated carbocycles. The van der Waals surface area contributed by atoms with Crippen LogP contribution < -0.4 is 5.32 Å². The maximum atomic E-state index is 13.1. The van der Waals surface area contributed by atoms with Crippen LogP contribution in [0.3, 0.4) is 0 Å². The Morgan fingerprint density at radius 1 is 0.933 bits per heavy atom. The van der Waals surface area contributed by atoms with Crippen LogP contribution in [0.2, 0.25) is 0 Å². The van der Waals surface area contributed by atoms with Crippen molar-refractivity contribution in [1.29, 1.82) is 5.26 Å². The van der Waals surface area contributed by atoms with Gasteiger partial charge in [0.2, 0.25) is 0 Å². The van der Waals surface area contributed by atoms with E-state index in [-0.39, 0.29) is 5.91 Å². The Bertz CT molecular complexity index is 1280. The van der Waals surface area contributed by atoms with Gasteiger partial charge in [0, 0.05) is 22.5 Å². The van der Waals surface area contributed by atoms with Crippen LogP contribution >= 0.6 is 0 Å². The summed E-state index contributed by atoms with van der Waals surface area (Å²) in [5.74, 6) is -0.233. The number of carbonyl (C=O) groups is 1. The molecule has 4 aromatic rings. The molecule has 0 aliphatic heterocycles. The van der Waals surface area contributed by atoms with Crippen molar-refractivity contribution in [3.05, 3.63) is 101 Å². The molecule has 5 nitrogen and oxygen atoms in total. The summed E-state index contributed by atoms with van der Waals surface area (Å²) in [5.41, 5.74) is 6.02. The molecule has 0 unspecified atom stereocenters. The summed E-state index contributed by atoms with van der Waals surface area (Å²) in [4.78, 5) is 13.1. The second kappa shape index (κ2) is 8.06. The lowest BCUT2D eigenvalue weighted by molar-refractivity contribution is 0.102. The first-order valence-corrected chi connectivity index (χ1v) is 9.60. The van der Waals surface area contributed by atoms with Crippen molar-refractivity contribution in [2.75, 3.05) is 5.32 Å². The van der Waals surface area contributed by atoms with Gasteiger partial charge in [0.1, 0.15) is 0 Å². The molecule has 0 aliphatic carbocycles. The fourth-order valence-electron chi connectivity index (χ4n) is 3.54. The Labute approximate surface area is 175 Å². The number of nitriles is 1. The molecule has 0 bridgehead atoms. The van der Waals surface area contributed by atoms with Gasteiger partial charge >= 0.3 is 0 Å². The van der Waals surface area contributed by atoms with Gasteiger partial charge in [-0.2, -0.15) is 10.4 Å².